The molecular formula is C15H20Cr-2. The summed E-state index contributed by atoms with van der Waals surface area (Å²) in [5, 5.41) is 0. The summed E-state index contributed by atoms with van der Waals surface area (Å²) >= 11 is 0. The molecule has 0 nitrogen and oxygen atoms in total. The molecule has 0 saturated carbocycles. The summed E-state index contributed by atoms with van der Waals surface area (Å²) in [4.78, 5) is 0. The van der Waals surface area contributed by atoms with Crippen LogP contribution in [0.1, 0.15) is 27.8 Å². The molecule has 0 spiro atoms. The van der Waals surface area contributed by atoms with E-state index in [2.05, 4.69) is 34.6 Å². The van der Waals surface area contributed by atoms with Crippen molar-refractivity contribution in [2.75, 3.05) is 0 Å². The third-order valence-corrected chi connectivity index (χ3v) is 3.37. The maximum atomic E-state index is 2.20. The third-order valence-electron chi connectivity index (χ3n) is 3.37. The summed E-state index contributed by atoms with van der Waals surface area (Å²) in [6, 6.07) is 10.0. The monoisotopic (exact) mass is 252 g/mol. The minimum absolute atomic E-state index is 0. The molecule has 88 valence electrons. The van der Waals surface area contributed by atoms with Crippen LogP contribution >= 0.6 is 0 Å². The van der Waals surface area contributed by atoms with Crippen molar-refractivity contribution in [2.45, 2.75) is 34.6 Å². The topological polar surface area (TPSA) is 0 Å². The van der Waals surface area contributed by atoms with Gasteiger partial charge < -0.3 is 0 Å². The molecule has 16 heavy (non-hydrogen) atoms. The smallest absolute Gasteiger partial charge is 0 e. The van der Waals surface area contributed by atoms with Crippen LogP contribution in [0.25, 0.3) is 0 Å². The van der Waals surface area contributed by atoms with Crippen LogP contribution in [0.5, 0.6) is 0 Å². The van der Waals surface area contributed by atoms with Crippen LogP contribution in [0.2, 0.25) is 0 Å². The van der Waals surface area contributed by atoms with Gasteiger partial charge >= 0.3 is 0 Å². The van der Waals surface area contributed by atoms with E-state index in [1.54, 1.807) is 0 Å². The van der Waals surface area contributed by atoms with Crippen LogP contribution in [-0.2, 0) is 17.4 Å². The summed E-state index contributed by atoms with van der Waals surface area (Å²) in [7, 11) is 0. The Hall–Kier alpha value is -0.768. The fourth-order valence-corrected chi connectivity index (χ4v) is 1.73. The van der Waals surface area contributed by atoms with Crippen LogP contribution in [0.15, 0.2) is 30.3 Å². The first-order chi connectivity index (χ1) is 7.05. The van der Waals surface area contributed by atoms with E-state index in [-0.39, 0.29) is 17.4 Å². The van der Waals surface area contributed by atoms with Crippen molar-refractivity contribution in [3.63, 3.8) is 0 Å². The van der Waals surface area contributed by atoms with Crippen molar-refractivity contribution >= 4 is 0 Å². The van der Waals surface area contributed by atoms with Gasteiger partial charge in [-0.15, -0.1) is 0 Å². The zero-order valence-corrected chi connectivity index (χ0v) is 12.1. The van der Waals surface area contributed by atoms with Crippen molar-refractivity contribution in [1.29, 1.82) is 0 Å². The van der Waals surface area contributed by atoms with E-state index in [1.807, 2.05) is 30.3 Å². The summed E-state index contributed by atoms with van der Waals surface area (Å²) in [5.41, 5.74) is 7.34. The minimum atomic E-state index is 0. The average Bonchev–Trinajstić information content (AvgIpc) is 2.86. The van der Waals surface area contributed by atoms with E-state index in [4.69, 9.17) is 0 Å². The van der Waals surface area contributed by atoms with Gasteiger partial charge in [0.2, 0.25) is 0 Å². The van der Waals surface area contributed by atoms with Crippen LogP contribution < -0.4 is 0 Å². The molecule has 0 radical (unpaired) electrons. The molecule has 1 heteroatoms. The van der Waals surface area contributed by atoms with Gasteiger partial charge in [-0.1, -0.05) is 34.6 Å². The van der Waals surface area contributed by atoms with Gasteiger partial charge in [0.1, 0.15) is 0 Å². The van der Waals surface area contributed by atoms with Crippen molar-refractivity contribution in [2.24, 2.45) is 0 Å². The van der Waals surface area contributed by atoms with E-state index in [9.17, 15) is 0 Å². The van der Waals surface area contributed by atoms with Gasteiger partial charge in [-0.05, 0) is 0 Å². The van der Waals surface area contributed by atoms with Crippen molar-refractivity contribution in [3.8, 4) is 0 Å². The molecule has 0 amide bonds. The van der Waals surface area contributed by atoms with Gasteiger partial charge in [0, 0.05) is 17.4 Å². The molecule has 0 saturated heterocycles. The first-order valence-corrected chi connectivity index (χ1v) is 5.42. The molecule has 2 rings (SSSR count). The number of hydrogen-bond acceptors (Lipinski definition) is 0. The fourth-order valence-electron chi connectivity index (χ4n) is 1.73. The molecule has 0 N–H and O–H groups in total. The van der Waals surface area contributed by atoms with Crippen LogP contribution in [0.4, 0.5) is 0 Å². The Labute approximate surface area is 110 Å². The zero-order chi connectivity index (χ0) is 11.4. The summed E-state index contributed by atoms with van der Waals surface area (Å²) < 4.78 is 0. The van der Waals surface area contributed by atoms with Gasteiger partial charge in [-0.25, -0.2) is 12.1 Å². The van der Waals surface area contributed by atoms with E-state index in [1.165, 1.54) is 27.8 Å². The fraction of sp³-hybridized carbons (Fsp3) is 0.333. The van der Waals surface area contributed by atoms with Crippen molar-refractivity contribution in [1.82, 2.24) is 0 Å². The standard InChI is InChI=1S/C10H15.C5H5.Cr/c1-6-7(2)9(4)10(5)8(6)3;1-2-4-5-3-1;/h1-5H3;1-5H;/q2*-1;. The Morgan fingerprint density at radius 3 is 1.38 bits per heavy atom. The first kappa shape index (κ1) is 15.2. The first-order valence-electron chi connectivity index (χ1n) is 5.42. The van der Waals surface area contributed by atoms with Crippen LogP contribution in [-0.4, -0.2) is 0 Å². The van der Waals surface area contributed by atoms with Crippen LogP contribution in [0.3, 0.4) is 0 Å². The third kappa shape index (κ3) is 3.37. The molecule has 2 aromatic rings. The van der Waals surface area contributed by atoms with E-state index in [0.29, 0.717) is 0 Å². The molecular weight excluding hydrogens is 232 g/mol. The predicted octanol–water partition coefficient (Wildman–Crippen LogP) is 4.35. The van der Waals surface area contributed by atoms with E-state index in [0.717, 1.165) is 0 Å². The minimum Gasteiger partial charge on any atom is -0.214 e. The van der Waals surface area contributed by atoms with Crippen molar-refractivity contribution < 1.29 is 17.4 Å². The summed E-state index contributed by atoms with van der Waals surface area (Å²) in [6.07, 6.45) is 0. The maximum Gasteiger partial charge on any atom is 0 e. The van der Waals surface area contributed by atoms with Gasteiger partial charge in [-0.3, -0.25) is 0 Å². The molecule has 2 aromatic carbocycles. The Morgan fingerprint density at radius 1 is 0.875 bits per heavy atom. The molecule has 0 aliphatic rings. The Bertz CT molecular complexity index is 308. The van der Waals surface area contributed by atoms with Gasteiger partial charge in [0.25, 0.3) is 0 Å². The second kappa shape index (κ2) is 6.74. The second-order valence-electron chi connectivity index (χ2n) is 4.09. The van der Waals surface area contributed by atoms with Crippen molar-refractivity contribution in [3.05, 3.63) is 58.1 Å². The Kier molecular flexibility index (Phi) is 6.41. The molecule has 0 atom stereocenters. The van der Waals surface area contributed by atoms with E-state index >= 15 is 0 Å². The molecule has 0 fully saturated rings. The summed E-state index contributed by atoms with van der Waals surface area (Å²) in [5.74, 6) is 0. The number of hydrogen-bond donors (Lipinski definition) is 0. The van der Waals surface area contributed by atoms with Gasteiger partial charge in [0.15, 0.2) is 0 Å². The molecule has 0 heterocycles. The molecule has 0 aliphatic heterocycles. The normalized spacial score (nSPS) is 9.06. The summed E-state index contributed by atoms with van der Waals surface area (Å²) in [6.45, 7) is 11.0. The largest absolute Gasteiger partial charge is 0.214 e. The zero-order valence-electron chi connectivity index (χ0n) is 10.8. The van der Waals surface area contributed by atoms with Gasteiger partial charge in [0.05, 0.1) is 0 Å². The van der Waals surface area contributed by atoms with Crippen LogP contribution in [0, 0.1) is 34.6 Å². The maximum absolute atomic E-state index is 2.20. The number of rotatable bonds is 0. The second-order valence-corrected chi connectivity index (χ2v) is 4.09. The molecule has 0 aliphatic carbocycles. The van der Waals surface area contributed by atoms with E-state index < -0.39 is 0 Å². The quantitative estimate of drug-likeness (QED) is 0.611. The average molecular weight is 252 g/mol. The molecule has 0 bridgehead atoms. The molecule has 0 unspecified atom stereocenters. The SMILES string of the molecule is Cc1c(C)c(C)[c-](C)c1C.[Cr].c1cc[cH-]c1. The van der Waals surface area contributed by atoms with Gasteiger partial charge in [-0.2, -0.15) is 46.0 Å². The Balaban J connectivity index is 0.000000318. The predicted molar refractivity (Wildman–Crippen MR) is 67.8 cm³/mol. The molecule has 0 aromatic heterocycles. The Morgan fingerprint density at radius 2 is 1.25 bits per heavy atom.